The van der Waals surface area contributed by atoms with Crippen molar-refractivity contribution in [2.24, 2.45) is 0 Å². The summed E-state index contributed by atoms with van der Waals surface area (Å²) in [5, 5.41) is 11.0. The Balaban J connectivity index is 2.19. The maximum Gasteiger partial charge on any atom is 0.272 e. The van der Waals surface area contributed by atoms with Gasteiger partial charge in [0.2, 0.25) is 0 Å². The van der Waals surface area contributed by atoms with E-state index in [9.17, 15) is 10.1 Å². The quantitative estimate of drug-likeness (QED) is 0.441. The molecule has 0 saturated carbocycles. The summed E-state index contributed by atoms with van der Waals surface area (Å²) in [5.41, 5.74) is 0.958. The van der Waals surface area contributed by atoms with E-state index in [-0.39, 0.29) is 15.4 Å². The van der Waals surface area contributed by atoms with E-state index in [1.165, 1.54) is 9.75 Å². The van der Waals surface area contributed by atoms with Crippen LogP contribution in [0.5, 0.6) is 0 Å². The highest BCUT2D eigenvalue weighted by molar-refractivity contribution is 9.09. The fraction of sp³-hybridized carbons (Fsp3) is 0.286. The lowest BCUT2D eigenvalue weighted by atomic mass is 10.1. The lowest BCUT2D eigenvalue weighted by molar-refractivity contribution is -0.385. The predicted octanol–water partition coefficient (Wildman–Crippen LogP) is 4.90. The Hall–Kier alpha value is -1.20. The number of alkyl halides is 1. The molecule has 0 N–H and O–H groups in total. The van der Waals surface area contributed by atoms with Crippen molar-refractivity contribution in [1.29, 1.82) is 0 Å². The number of hydrogen-bond donors (Lipinski definition) is 0. The van der Waals surface area contributed by atoms with Gasteiger partial charge in [-0.05, 0) is 25.0 Å². The van der Waals surface area contributed by atoms with Crippen LogP contribution in [0.2, 0.25) is 0 Å². The molecule has 0 bridgehead atoms. The van der Waals surface area contributed by atoms with E-state index in [0.29, 0.717) is 6.42 Å². The van der Waals surface area contributed by atoms with Crippen molar-refractivity contribution < 1.29 is 4.92 Å². The first-order chi connectivity index (χ1) is 9.11. The molecule has 0 fully saturated rings. The number of thiophene rings is 1. The predicted molar refractivity (Wildman–Crippen MR) is 82.2 cm³/mol. The van der Waals surface area contributed by atoms with Gasteiger partial charge in [0.1, 0.15) is 0 Å². The zero-order chi connectivity index (χ0) is 13.8. The summed E-state index contributed by atoms with van der Waals surface area (Å²) in [4.78, 5) is 13.3. The van der Waals surface area contributed by atoms with E-state index < -0.39 is 0 Å². The molecule has 100 valence electrons. The van der Waals surface area contributed by atoms with Crippen molar-refractivity contribution in [3.05, 3.63) is 61.8 Å². The zero-order valence-electron chi connectivity index (χ0n) is 10.5. The molecule has 1 aromatic heterocycles. The Morgan fingerprint density at radius 2 is 2.05 bits per heavy atom. The summed E-state index contributed by atoms with van der Waals surface area (Å²) in [7, 11) is 0. The Labute approximate surface area is 124 Å². The Kier molecular flexibility index (Phi) is 4.71. The number of rotatable bonds is 5. The average molecular weight is 340 g/mol. The van der Waals surface area contributed by atoms with Crippen LogP contribution >= 0.6 is 27.3 Å². The van der Waals surface area contributed by atoms with E-state index in [1.807, 2.05) is 12.1 Å². The van der Waals surface area contributed by atoms with E-state index >= 15 is 0 Å². The Morgan fingerprint density at radius 1 is 1.32 bits per heavy atom. The molecule has 1 heterocycles. The first-order valence-electron chi connectivity index (χ1n) is 6.06. The van der Waals surface area contributed by atoms with Crippen LogP contribution in [0.4, 0.5) is 5.69 Å². The number of hydrogen-bond acceptors (Lipinski definition) is 3. The van der Waals surface area contributed by atoms with Crippen LogP contribution in [-0.2, 0) is 12.8 Å². The molecule has 19 heavy (non-hydrogen) atoms. The molecule has 2 aromatic rings. The molecule has 3 nitrogen and oxygen atoms in total. The number of benzene rings is 1. The second-order valence-corrected chi connectivity index (χ2v) is 6.52. The van der Waals surface area contributed by atoms with Gasteiger partial charge >= 0.3 is 0 Å². The molecule has 0 aliphatic heterocycles. The van der Waals surface area contributed by atoms with Crippen LogP contribution in [0.3, 0.4) is 0 Å². The number of aryl methyl sites for hydroxylation is 1. The van der Waals surface area contributed by atoms with Crippen LogP contribution in [0, 0.1) is 10.1 Å². The molecule has 1 unspecified atom stereocenters. The van der Waals surface area contributed by atoms with E-state index in [2.05, 4.69) is 35.0 Å². The molecule has 0 saturated heterocycles. The number of para-hydroxylation sites is 1. The molecule has 0 radical (unpaired) electrons. The number of halogens is 1. The number of nitrogens with zero attached hydrogens (tertiary/aromatic N) is 1. The van der Waals surface area contributed by atoms with Gasteiger partial charge in [-0.25, -0.2) is 0 Å². The van der Waals surface area contributed by atoms with Crippen molar-refractivity contribution in [2.45, 2.75) is 24.6 Å². The Bertz CT molecular complexity index is 582. The van der Waals surface area contributed by atoms with Gasteiger partial charge in [0.25, 0.3) is 5.69 Å². The third-order valence-electron chi connectivity index (χ3n) is 2.93. The molecule has 5 heteroatoms. The van der Waals surface area contributed by atoms with Gasteiger partial charge in [-0.2, -0.15) is 0 Å². The van der Waals surface area contributed by atoms with Crippen LogP contribution < -0.4 is 0 Å². The van der Waals surface area contributed by atoms with Crippen LogP contribution in [-0.4, -0.2) is 4.92 Å². The van der Waals surface area contributed by atoms with Gasteiger partial charge < -0.3 is 0 Å². The second-order valence-electron chi connectivity index (χ2n) is 4.22. The van der Waals surface area contributed by atoms with Gasteiger partial charge in [0.15, 0.2) is 0 Å². The fourth-order valence-corrected chi connectivity index (χ4v) is 3.62. The summed E-state index contributed by atoms with van der Waals surface area (Å²) in [6.45, 7) is 2.13. The minimum Gasteiger partial charge on any atom is -0.258 e. The number of nitro groups is 1. The monoisotopic (exact) mass is 339 g/mol. The van der Waals surface area contributed by atoms with Gasteiger partial charge in [-0.1, -0.05) is 41.1 Å². The van der Waals surface area contributed by atoms with Crippen molar-refractivity contribution in [1.82, 2.24) is 0 Å². The van der Waals surface area contributed by atoms with Crippen molar-refractivity contribution >= 4 is 33.0 Å². The van der Waals surface area contributed by atoms with Gasteiger partial charge in [-0.3, -0.25) is 10.1 Å². The first kappa shape index (κ1) is 14.2. The second kappa shape index (κ2) is 6.30. The molecule has 0 spiro atoms. The maximum atomic E-state index is 11.0. The molecule has 0 aliphatic carbocycles. The molecule has 0 amide bonds. The molecular formula is C14H14BrNO2S. The third kappa shape index (κ3) is 3.42. The third-order valence-corrected chi connectivity index (χ3v) is 5.39. The highest BCUT2D eigenvalue weighted by Gasteiger charge is 2.17. The smallest absolute Gasteiger partial charge is 0.258 e. The fourth-order valence-electron chi connectivity index (χ4n) is 1.91. The lowest BCUT2D eigenvalue weighted by Gasteiger charge is -2.08. The van der Waals surface area contributed by atoms with Crippen LogP contribution in [0.25, 0.3) is 0 Å². The summed E-state index contributed by atoms with van der Waals surface area (Å²) in [5.74, 6) is 0. The largest absolute Gasteiger partial charge is 0.272 e. The summed E-state index contributed by atoms with van der Waals surface area (Å²) in [6, 6.07) is 11.1. The average Bonchev–Trinajstić information content (AvgIpc) is 2.88. The van der Waals surface area contributed by atoms with Crippen molar-refractivity contribution in [3.8, 4) is 0 Å². The van der Waals surface area contributed by atoms with Gasteiger partial charge in [0, 0.05) is 21.4 Å². The number of nitro benzene ring substituents is 1. The normalized spacial score (nSPS) is 12.3. The summed E-state index contributed by atoms with van der Waals surface area (Å²) >= 11 is 5.39. The van der Waals surface area contributed by atoms with Crippen molar-refractivity contribution in [2.75, 3.05) is 0 Å². The minimum atomic E-state index is -0.319. The van der Waals surface area contributed by atoms with E-state index in [0.717, 1.165) is 12.0 Å². The summed E-state index contributed by atoms with van der Waals surface area (Å²) < 4.78 is 0. The highest BCUT2D eigenvalue weighted by Crippen LogP contribution is 2.34. The minimum absolute atomic E-state index is 0.124. The maximum absolute atomic E-state index is 11.0. The lowest BCUT2D eigenvalue weighted by Crippen LogP contribution is -1.98. The van der Waals surface area contributed by atoms with E-state index in [1.54, 1.807) is 23.5 Å². The molecule has 0 aliphatic rings. The standard InChI is InChI=1S/C14H14BrNO2S/c1-2-11-7-8-14(19-11)12(15)9-10-5-3-4-6-13(10)16(17)18/h3-8,12H,2,9H2,1H3. The van der Waals surface area contributed by atoms with Crippen molar-refractivity contribution in [3.63, 3.8) is 0 Å². The molecule has 2 rings (SSSR count). The zero-order valence-corrected chi connectivity index (χ0v) is 12.9. The molecular weight excluding hydrogens is 326 g/mol. The van der Waals surface area contributed by atoms with Gasteiger partial charge in [0.05, 0.1) is 9.75 Å². The highest BCUT2D eigenvalue weighted by atomic mass is 79.9. The molecule has 1 aromatic carbocycles. The SMILES string of the molecule is CCc1ccc(C(Br)Cc2ccccc2[N+](=O)[O-])s1. The van der Waals surface area contributed by atoms with E-state index in [4.69, 9.17) is 0 Å². The first-order valence-corrected chi connectivity index (χ1v) is 7.80. The van der Waals surface area contributed by atoms with Crippen LogP contribution in [0.15, 0.2) is 36.4 Å². The Morgan fingerprint density at radius 3 is 2.68 bits per heavy atom. The molecule has 1 atom stereocenters. The topological polar surface area (TPSA) is 43.1 Å². The van der Waals surface area contributed by atoms with Crippen LogP contribution in [0.1, 0.15) is 27.1 Å². The van der Waals surface area contributed by atoms with Gasteiger partial charge in [-0.15, -0.1) is 11.3 Å². The summed E-state index contributed by atoms with van der Waals surface area (Å²) in [6.07, 6.45) is 1.65.